The lowest BCUT2D eigenvalue weighted by atomic mass is 10.1. The second kappa shape index (κ2) is 3.33. The molecule has 1 rings (SSSR count). The summed E-state index contributed by atoms with van der Waals surface area (Å²) in [6.45, 7) is 0. The number of rotatable bonds is 1. The summed E-state index contributed by atoms with van der Waals surface area (Å²) < 4.78 is 48.6. The van der Waals surface area contributed by atoms with Crippen molar-refractivity contribution in [3.63, 3.8) is 0 Å². The smallest absolute Gasteiger partial charge is 0.298 e. The molecule has 0 saturated carbocycles. The summed E-state index contributed by atoms with van der Waals surface area (Å²) in [6.07, 6.45) is -6.33. The molecular formula is C8H7F4N. The number of alkyl halides is 4. The molecule has 0 saturated heterocycles. The van der Waals surface area contributed by atoms with Crippen molar-refractivity contribution < 1.29 is 17.6 Å². The van der Waals surface area contributed by atoms with Crippen LogP contribution in [0.5, 0.6) is 0 Å². The molecule has 5 heteroatoms. The van der Waals surface area contributed by atoms with Crippen molar-refractivity contribution in [2.75, 3.05) is 0 Å². The van der Waals surface area contributed by atoms with Gasteiger partial charge in [-0.15, -0.1) is 0 Å². The maximum absolute atomic E-state index is 12.4. The van der Waals surface area contributed by atoms with E-state index in [9.17, 15) is 17.6 Å². The van der Waals surface area contributed by atoms with Gasteiger partial charge in [-0.1, -0.05) is 12.1 Å². The van der Waals surface area contributed by atoms with Gasteiger partial charge in [0, 0.05) is 5.56 Å². The van der Waals surface area contributed by atoms with E-state index >= 15 is 0 Å². The van der Waals surface area contributed by atoms with Crippen molar-refractivity contribution in [3.8, 4) is 0 Å². The number of hydrogen-bond acceptors (Lipinski definition) is 1. The van der Waals surface area contributed by atoms with E-state index in [1.165, 1.54) is 6.07 Å². The Morgan fingerprint density at radius 1 is 1.23 bits per heavy atom. The van der Waals surface area contributed by atoms with E-state index in [1.54, 1.807) is 0 Å². The van der Waals surface area contributed by atoms with E-state index in [2.05, 4.69) is 0 Å². The van der Waals surface area contributed by atoms with Crippen LogP contribution in [0.2, 0.25) is 0 Å². The molecule has 1 nitrogen and oxygen atoms in total. The van der Waals surface area contributed by atoms with Crippen LogP contribution in [-0.4, -0.2) is 0 Å². The van der Waals surface area contributed by atoms with Crippen molar-refractivity contribution in [1.29, 1.82) is 0 Å². The Kier molecular flexibility index (Phi) is 2.56. The molecule has 2 N–H and O–H groups in total. The lowest BCUT2D eigenvalue weighted by Gasteiger charge is -2.08. The fourth-order valence-corrected chi connectivity index (χ4v) is 0.887. The standard InChI is InChI=1S/C8H7F4N/c9-7(13)5-2-1-3-6(4-5)8(10,11)12/h1-4,7H,13H2. The zero-order valence-corrected chi connectivity index (χ0v) is 6.48. The fraction of sp³-hybridized carbons (Fsp3) is 0.250. The highest BCUT2D eigenvalue weighted by Gasteiger charge is 2.30. The van der Waals surface area contributed by atoms with Gasteiger partial charge in [0.25, 0.3) is 0 Å². The topological polar surface area (TPSA) is 26.0 Å². The van der Waals surface area contributed by atoms with Crippen LogP contribution in [0.15, 0.2) is 24.3 Å². The largest absolute Gasteiger partial charge is 0.416 e. The molecule has 0 aliphatic heterocycles. The lowest BCUT2D eigenvalue weighted by molar-refractivity contribution is -0.137. The normalized spacial score (nSPS) is 14.2. The first-order valence-electron chi connectivity index (χ1n) is 3.48. The van der Waals surface area contributed by atoms with Crippen molar-refractivity contribution in [1.82, 2.24) is 0 Å². The molecule has 0 amide bonds. The van der Waals surface area contributed by atoms with Crippen LogP contribution in [0.25, 0.3) is 0 Å². The minimum absolute atomic E-state index is 0.171. The lowest BCUT2D eigenvalue weighted by Crippen LogP contribution is -2.08. The van der Waals surface area contributed by atoms with Gasteiger partial charge in [0.1, 0.15) is 0 Å². The highest BCUT2D eigenvalue weighted by atomic mass is 19.4. The number of nitrogens with two attached hydrogens (primary N) is 1. The molecule has 13 heavy (non-hydrogen) atoms. The van der Waals surface area contributed by atoms with E-state index in [1.807, 2.05) is 0 Å². The summed E-state index contributed by atoms with van der Waals surface area (Å²) in [6, 6.07) is 3.90. The summed E-state index contributed by atoms with van der Waals surface area (Å²) in [7, 11) is 0. The number of halogens is 4. The molecule has 1 aromatic carbocycles. The molecule has 0 spiro atoms. The zero-order chi connectivity index (χ0) is 10.1. The average Bonchev–Trinajstić information content (AvgIpc) is 2.03. The summed E-state index contributed by atoms with van der Waals surface area (Å²) in [4.78, 5) is 0. The average molecular weight is 193 g/mol. The number of hydrogen-bond donors (Lipinski definition) is 1. The maximum atomic E-state index is 12.4. The Labute approximate surface area is 72.2 Å². The Balaban J connectivity index is 3.06. The molecule has 0 heterocycles. The van der Waals surface area contributed by atoms with E-state index in [-0.39, 0.29) is 5.56 Å². The van der Waals surface area contributed by atoms with Crippen LogP contribution in [0, 0.1) is 0 Å². The van der Waals surface area contributed by atoms with Crippen molar-refractivity contribution >= 4 is 0 Å². The predicted octanol–water partition coefficient (Wildman–Crippen LogP) is 2.63. The summed E-state index contributed by atoms with van der Waals surface area (Å²) in [5.74, 6) is 0. The molecule has 0 aliphatic carbocycles. The van der Waals surface area contributed by atoms with Crippen LogP contribution in [0.3, 0.4) is 0 Å². The van der Waals surface area contributed by atoms with Gasteiger partial charge < -0.3 is 0 Å². The first-order valence-corrected chi connectivity index (χ1v) is 3.48. The Bertz CT molecular complexity index is 292. The highest BCUT2D eigenvalue weighted by molar-refractivity contribution is 5.26. The van der Waals surface area contributed by atoms with Crippen molar-refractivity contribution in [2.24, 2.45) is 5.73 Å². The molecular weight excluding hydrogens is 186 g/mol. The second-order valence-electron chi connectivity index (χ2n) is 2.52. The summed E-state index contributed by atoms with van der Waals surface area (Å²) in [5, 5.41) is 0. The molecule has 0 aliphatic rings. The van der Waals surface area contributed by atoms with Crippen LogP contribution >= 0.6 is 0 Å². The van der Waals surface area contributed by atoms with Crippen LogP contribution in [0.4, 0.5) is 17.6 Å². The van der Waals surface area contributed by atoms with E-state index < -0.39 is 18.0 Å². The van der Waals surface area contributed by atoms with Crippen LogP contribution < -0.4 is 5.73 Å². The third kappa shape index (κ3) is 2.42. The first kappa shape index (κ1) is 9.98. The van der Waals surface area contributed by atoms with Gasteiger partial charge in [-0.3, -0.25) is 5.73 Å². The van der Waals surface area contributed by atoms with Crippen LogP contribution in [0.1, 0.15) is 17.4 Å². The van der Waals surface area contributed by atoms with E-state index in [0.29, 0.717) is 6.07 Å². The summed E-state index contributed by atoms with van der Waals surface area (Å²) in [5.41, 5.74) is 3.73. The Hall–Kier alpha value is -1.10. The molecule has 72 valence electrons. The SMILES string of the molecule is NC(F)c1cccc(C(F)(F)F)c1. The Morgan fingerprint density at radius 2 is 1.85 bits per heavy atom. The third-order valence-corrected chi connectivity index (χ3v) is 1.53. The van der Waals surface area contributed by atoms with Gasteiger partial charge in [-0.25, -0.2) is 4.39 Å². The van der Waals surface area contributed by atoms with Crippen LogP contribution in [-0.2, 0) is 6.18 Å². The minimum atomic E-state index is -4.45. The van der Waals surface area contributed by atoms with Gasteiger partial charge in [0.05, 0.1) is 5.56 Å². The quantitative estimate of drug-likeness (QED) is 0.538. The predicted molar refractivity (Wildman–Crippen MR) is 39.5 cm³/mol. The van der Waals surface area contributed by atoms with Gasteiger partial charge in [-0.2, -0.15) is 13.2 Å². The van der Waals surface area contributed by atoms with Gasteiger partial charge in [0.15, 0.2) is 6.30 Å². The zero-order valence-electron chi connectivity index (χ0n) is 6.48. The molecule has 1 aromatic rings. The molecule has 1 atom stereocenters. The maximum Gasteiger partial charge on any atom is 0.416 e. The minimum Gasteiger partial charge on any atom is -0.298 e. The van der Waals surface area contributed by atoms with Crippen molar-refractivity contribution in [3.05, 3.63) is 35.4 Å². The second-order valence-corrected chi connectivity index (χ2v) is 2.52. The van der Waals surface area contributed by atoms with Gasteiger partial charge >= 0.3 is 6.18 Å². The molecule has 0 fully saturated rings. The molecule has 0 radical (unpaired) electrons. The number of benzene rings is 1. The monoisotopic (exact) mass is 193 g/mol. The first-order chi connectivity index (χ1) is 5.91. The fourth-order valence-electron chi connectivity index (χ4n) is 0.887. The van der Waals surface area contributed by atoms with Gasteiger partial charge in [-0.05, 0) is 12.1 Å². The third-order valence-electron chi connectivity index (χ3n) is 1.53. The molecule has 1 unspecified atom stereocenters. The van der Waals surface area contributed by atoms with Crippen molar-refractivity contribution in [2.45, 2.75) is 12.5 Å². The molecule has 0 aromatic heterocycles. The molecule has 0 bridgehead atoms. The van der Waals surface area contributed by atoms with E-state index in [0.717, 1.165) is 12.1 Å². The Morgan fingerprint density at radius 3 is 2.31 bits per heavy atom. The highest BCUT2D eigenvalue weighted by Crippen LogP contribution is 2.30. The summed E-state index contributed by atoms with van der Waals surface area (Å²) >= 11 is 0. The van der Waals surface area contributed by atoms with Gasteiger partial charge in [0.2, 0.25) is 0 Å². The van der Waals surface area contributed by atoms with E-state index in [4.69, 9.17) is 5.73 Å².